The number of anilines is 1. The number of nitrogens with one attached hydrogen (secondary N) is 1. The molecule has 2 rings (SSSR count). The van der Waals surface area contributed by atoms with Gasteiger partial charge in [-0.3, -0.25) is 9.59 Å². The predicted octanol–water partition coefficient (Wildman–Crippen LogP) is 3.74. The number of hydrogen-bond donors (Lipinski definition) is 1. The summed E-state index contributed by atoms with van der Waals surface area (Å²) in [5.74, 6) is 0.273. The second-order valence-corrected chi connectivity index (χ2v) is 6.96. The van der Waals surface area contributed by atoms with Crippen molar-refractivity contribution < 1.29 is 9.59 Å². The Balaban J connectivity index is 2.01. The molecule has 1 heterocycles. The van der Waals surface area contributed by atoms with Gasteiger partial charge in [-0.05, 0) is 49.9 Å². The van der Waals surface area contributed by atoms with E-state index in [1.807, 2.05) is 12.1 Å². The zero-order valence-electron chi connectivity index (χ0n) is 15.4. The van der Waals surface area contributed by atoms with Gasteiger partial charge in [0.05, 0.1) is 6.04 Å². The molecule has 4 heteroatoms. The smallest absolute Gasteiger partial charge is 0.229 e. The maximum atomic E-state index is 12.5. The number of nitrogens with zero attached hydrogens (tertiary/aromatic N) is 1. The molecule has 1 fully saturated rings. The second-order valence-electron chi connectivity index (χ2n) is 6.96. The van der Waals surface area contributed by atoms with Crippen molar-refractivity contribution in [1.82, 2.24) is 5.32 Å². The van der Waals surface area contributed by atoms with Crippen molar-refractivity contribution in [3.63, 3.8) is 0 Å². The molecule has 4 nitrogen and oxygen atoms in total. The number of benzene rings is 1. The lowest BCUT2D eigenvalue weighted by molar-refractivity contribution is -0.126. The first kappa shape index (κ1) is 18.5. The van der Waals surface area contributed by atoms with Crippen molar-refractivity contribution in [3.05, 3.63) is 29.3 Å². The van der Waals surface area contributed by atoms with Crippen molar-refractivity contribution in [2.45, 2.75) is 65.8 Å². The van der Waals surface area contributed by atoms with Crippen LogP contribution in [0.2, 0.25) is 0 Å². The highest BCUT2D eigenvalue weighted by Gasteiger charge is 2.32. The highest BCUT2D eigenvalue weighted by atomic mass is 16.2. The normalized spacial score (nSPS) is 17.6. The van der Waals surface area contributed by atoms with Crippen LogP contribution in [0.15, 0.2) is 18.2 Å². The summed E-state index contributed by atoms with van der Waals surface area (Å²) in [6.07, 6.45) is 4.25. The van der Waals surface area contributed by atoms with Gasteiger partial charge in [0.25, 0.3) is 0 Å². The molecule has 24 heavy (non-hydrogen) atoms. The van der Waals surface area contributed by atoms with Crippen molar-refractivity contribution in [3.8, 4) is 0 Å². The first-order valence-corrected chi connectivity index (χ1v) is 9.14. The molecular weight excluding hydrogens is 300 g/mol. The number of aryl methyl sites for hydroxylation is 2. The van der Waals surface area contributed by atoms with Gasteiger partial charge >= 0.3 is 0 Å². The SMILES string of the molecule is CCCC(CCC)C(=O)N[C@H]1CC(=O)N(c2ccc(C)c(C)c2)C1. The Kier molecular flexibility index (Phi) is 6.41. The third kappa shape index (κ3) is 4.37. The van der Waals surface area contributed by atoms with Gasteiger partial charge in [0.2, 0.25) is 11.8 Å². The van der Waals surface area contributed by atoms with Crippen LogP contribution in [-0.4, -0.2) is 24.4 Å². The van der Waals surface area contributed by atoms with E-state index in [2.05, 4.69) is 39.1 Å². The van der Waals surface area contributed by atoms with Gasteiger partial charge in [0, 0.05) is 24.6 Å². The van der Waals surface area contributed by atoms with Gasteiger partial charge in [-0.25, -0.2) is 0 Å². The van der Waals surface area contributed by atoms with E-state index in [0.29, 0.717) is 13.0 Å². The van der Waals surface area contributed by atoms with Crippen LogP contribution in [0.1, 0.15) is 57.1 Å². The van der Waals surface area contributed by atoms with Crippen molar-refractivity contribution in [1.29, 1.82) is 0 Å². The lowest BCUT2D eigenvalue weighted by atomic mass is 9.97. The number of amides is 2. The molecule has 0 unspecified atom stereocenters. The largest absolute Gasteiger partial charge is 0.351 e. The minimum absolute atomic E-state index is 0.0748. The molecule has 0 aromatic heterocycles. The van der Waals surface area contributed by atoms with Gasteiger partial charge in [-0.15, -0.1) is 0 Å². The summed E-state index contributed by atoms with van der Waals surface area (Å²) in [5.41, 5.74) is 3.33. The van der Waals surface area contributed by atoms with Crippen LogP contribution in [0.25, 0.3) is 0 Å². The van der Waals surface area contributed by atoms with Gasteiger partial charge in [-0.1, -0.05) is 32.8 Å². The molecule has 1 aliphatic rings. The fraction of sp³-hybridized carbons (Fsp3) is 0.600. The Morgan fingerprint density at radius 3 is 2.46 bits per heavy atom. The van der Waals surface area contributed by atoms with Crippen LogP contribution in [0, 0.1) is 19.8 Å². The summed E-state index contributed by atoms with van der Waals surface area (Å²) in [7, 11) is 0. The van der Waals surface area contributed by atoms with Crippen LogP contribution in [0.4, 0.5) is 5.69 Å². The first-order chi connectivity index (χ1) is 11.5. The summed E-state index contributed by atoms with van der Waals surface area (Å²) in [6, 6.07) is 6.00. The molecule has 1 aromatic rings. The lowest BCUT2D eigenvalue weighted by Crippen LogP contribution is -2.40. The number of carbonyl (C=O) groups excluding carboxylic acids is 2. The lowest BCUT2D eigenvalue weighted by Gasteiger charge is -2.20. The Labute approximate surface area is 145 Å². The standard InChI is InChI=1S/C20H30N2O2/c1-5-7-16(8-6-2)20(24)21-17-12-19(23)22(13-17)18-10-9-14(3)15(4)11-18/h9-11,16-17H,5-8,12-13H2,1-4H3,(H,21,24)/t17-/m0/s1. The molecule has 1 N–H and O–H groups in total. The third-order valence-corrected chi connectivity index (χ3v) is 4.92. The van der Waals surface area contributed by atoms with Crippen LogP contribution >= 0.6 is 0 Å². The predicted molar refractivity (Wildman–Crippen MR) is 98.1 cm³/mol. The summed E-state index contributed by atoms with van der Waals surface area (Å²) in [4.78, 5) is 26.6. The molecule has 1 aliphatic heterocycles. The summed E-state index contributed by atoms with van der Waals surface area (Å²) in [5, 5.41) is 3.10. The molecule has 0 radical (unpaired) electrons. The van der Waals surface area contributed by atoms with E-state index in [1.165, 1.54) is 11.1 Å². The van der Waals surface area contributed by atoms with E-state index in [4.69, 9.17) is 0 Å². The van der Waals surface area contributed by atoms with Crippen LogP contribution in [-0.2, 0) is 9.59 Å². The monoisotopic (exact) mass is 330 g/mol. The second kappa shape index (κ2) is 8.32. The van der Waals surface area contributed by atoms with E-state index in [-0.39, 0.29) is 23.8 Å². The van der Waals surface area contributed by atoms with Gasteiger partial charge < -0.3 is 10.2 Å². The molecule has 0 aliphatic carbocycles. The Morgan fingerprint density at radius 2 is 1.88 bits per heavy atom. The van der Waals surface area contributed by atoms with E-state index >= 15 is 0 Å². The van der Waals surface area contributed by atoms with E-state index in [0.717, 1.165) is 31.4 Å². The minimum Gasteiger partial charge on any atom is -0.351 e. The quantitative estimate of drug-likeness (QED) is 0.828. The molecule has 2 amide bonds. The molecule has 0 saturated carbocycles. The molecular formula is C20H30N2O2. The number of rotatable bonds is 7. The van der Waals surface area contributed by atoms with Gasteiger partial charge in [0.1, 0.15) is 0 Å². The Hall–Kier alpha value is -1.84. The number of carbonyl (C=O) groups is 2. The zero-order valence-corrected chi connectivity index (χ0v) is 15.4. The molecule has 0 bridgehead atoms. The molecule has 0 spiro atoms. The third-order valence-electron chi connectivity index (χ3n) is 4.92. The van der Waals surface area contributed by atoms with Crippen LogP contribution in [0.3, 0.4) is 0 Å². The summed E-state index contributed by atoms with van der Waals surface area (Å²) >= 11 is 0. The van der Waals surface area contributed by atoms with Gasteiger partial charge in [-0.2, -0.15) is 0 Å². The van der Waals surface area contributed by atoms with Crippen molar-refractivity contribution in [2.24, 2.45) is 5.92 Å². The molecule has 1 aromatic carbocycles. The minimum atomic E-state index is -0.0807. The van der Waals surface area contributed by atoms with E-state index in [9.17, 15) is 9.59 Å². The van der Waals surface area contributed by atoms with Crippen molar-refractivity contribution in [2.75, 3.05) is 11.4 Å². The first-order valence-electron chi connectivity index (χ1n) is 9.14. The maximum absolute atomic E-state index is 12.5. The average molecular weight is 330 g/mol. The topological polar surface area (TPSA) is 49.4 Å². The van der Waals surface area contributed by atoms with Crippen LogP contribution < -0.4 is 10.2 Å². The molecule has 1 atom stereocenters. The summed E-state index contributed by atoms with van der Waals surface area (Å²) in [6.45, 7) is 8.90. The van der Waals surface area contributed by atoms with E-state index < -0.39 is 0 Å². The number of hydrogen-bond acceptors (Lipinski definition) is 2. The fourth-order valence-corrected chi connectivity index (χ4v) is 3.37. The average Bonchev–Trinajstić information content (AvgIpc) is 2.90. The highest BCUT2D eigenvalue weighted by molar-refractivity contribution is 5.97. The Bertz CT molecular complexity index is 591. The maximum Gasteiger partial charge on any atom is 0.229 e. The van der Waals surface area contributed by atoms with Crippen molar-refractivity contribution >= 4 is 17.5 Å². The van der Waals surface area contributed by atoms with E-state index in [1.54, 1.807) is 4.90 Å². The van der Waals surface area contributed by atoms with Gasteiger partial charge in [0.15, 0.2) is 0 Å². The molecule has 132 valence electrons. The highest BCUT2D eigenvalue weighted by Crippen LogP contribution is 2.24. The molecule has 1 saturated heterocycles. The Morgan fingerprint density at radius 1 is 1.21 bits per heavy atom. The fourth-order valence-electron chi connectivity index (χ4n) is 3.37. The van der Waals surface area contributed by atoms with Crippen LogP contribution in [0.5, 0.6) is 0 Å². The summed E-state index contributed by atoms with van der Waals surface area (Å²) < 4.78 is 0. The zero-order chi connectivity index (χ0) is 17.7.